The largest absolute Gasteiger partial charge is 0.394 e. The Morgan fingerprint density at radius 2 is 2.05 bits per heavy atom. The molecule has 0 saturated carbocycles. The van der Waals surface area contributed by atoms with E-state index in [1.54, 1.807) is 0 Å². The van der Waals surface area contributed by atoms with Gasteiger partial charge < -0.3 is 9.84 Å². The Labute approximate surface area is 132 Å². The first-order valence-electron chi connectivity index (χ1n) is 6.54. The monoisotopic (exact) mass is 345 g/mol. The van der Waals surface area contributed by atoms with Crippen LogP contribution in [0, 0.1) is 5.82 Å². The lowest BCUT2D eigenvalue weighted by molar-refractivity contribution is 0.0328. The summed E-state index contributed by atoms with van der Waals surface area (Å²) in [5.41, 5.74) is 0. The standard InChI is InChI=1S/C14H16FNO4S2/c15-11-4-1-2-6-14(11)22(18,19)16-10-12(20-8-7-17)13-5-3-9-21-13/h1-6,9,12,16-17H,7-8,10H2/t12-/m1/s1. The van der Waals surface area contributed by atoms with Crippen LogP contribution in [0.1, 0.15) is 11.0 Å². The zero-order valence-corrected chi connectivity index (χ0v) is 13.2. The Balaban J connectivity index is 2.10. The summed E-state index contributed by atoms with van der Waals surface area (Å²) in [5.74, 6) is -0.807. The molecule has 0 spiro atoms. The molecule has 2 aromatic rings. The molecule has 8 heteroatoms. The Morgan fingerprint density at radius 1 is 1.27 bits per heavy atom. The van der Waals surface area contributed by atoms with Gasteiger partial charge in [-0.25, -0.2) is 17.5 Å². The molecule has 0 radical (unpaired) electrons. The molecule has 0 aliphatic carbocycles. The van der Waals surface area contributed by atoms with Gasteiger partial charge in [-0.1, -0.05) is 18.2 Å². The van der Waals surface area contributed by atoms with Gasteiger partial charge >= 0.3 is 0 Å². The van der Waals surface area contributed by atoms with Crippen molar-refractivity contribution in [3.05, 3.63) is 52.5 Å². The number of thiophene rings is 1. The highest BCUT2D eigenvalue weighted by molar-refractivity contribution is 7.89. The number of benzene rings is 1. The molecule has 22 heavy (non-hydrogen) atoms. The highest BCUT2D eigenvalue weighted by atomic mass is 32.2. The predicted octanol–water partition coefficient (Wildman–Crippen LogP) is 1.92. The second kappa shape index (κ2) is 7.80. The van der Waals surface area contributed by atoms with E-state index >= 15 is 0 Å². The molecule has 5 nitrogen and oxygen atoms in total. The van der Waals surface area contributed by atoms with Crippen molar-refractivity contribution in [2.24, 2.45) is 0 Å². The topological polar surface area (TPSA) is 75.6 Å². The molecular weight excluding hydrogens is 329 g/mol. The number of aliphatic hydroxyl groups is 1. The molecule has 0 saturated heterocycles. The lowest BCUT2D eigenvalue weighted by Crippen LogP contribution is -2.30. The fraction of sp³-hybridized carbons (Fsp3) is 0.286. The Morgan fingerprint density at radius 3 is 2.68 bits per heavy atom. The average Bonchev–Trinajstić information content (AvgIpc) is 3.02. The van der Waals surface area contributed by atoms with Crippen LogP contribution in [0.4, 0.5) is 4.39 Å². The lowest BCUT2D eigenvalue weighted by atomic mass is 10.3. The minimum atomic E-state index is -3.96. The molecule has 0 aliphatic heterocycles. The maximum absolute atomic E-state index is 13.6. The Hall–Kier alpha value is -1.32. The van der Waals surface area contributed by atoms with Crippen LogP contribution < -0.4 is 4.72 Å². The molecule has 0 unspecified atom stereocenters. The van der Waals surface area contributed by atoms with Crippen LogP contribution in [0.3, 0.4) is 0 Å². The fourth-order valence-corrected chi connectivity index (χ4v) is 3.72. The highest BCUT2D eigenvalue weighted by Crippen LogP contribution is 2.23. The van der Waals surface area contributed by atoms with Gasteiger partial charge in [0, 0.05) is 11.4 Å². The first-order chi connectivity index (χ1) is 10.5. The summed E-state index contributed by atoms with van der Waals surface area (Å²) in [7, 11) is -3.96. The first-order valence-corrected chi connectivity index (χ1v) is 8.91. The zero-order chi connectivity index (χ0) is 16.0. The summed E-state index contributed by atoms with van der Waals surface area (Å²) in [6.45, 7) is -0.122. The number of hydrogen-bond donors (Lipinski definition) is 2. The lowest BCUT2D eigenvalue weighted by Gasteiger charge is -2.17. The van der Waals surface area contributed by atoms with Crippen molar-refractivity contribution in [2.45, 2.75) is 11.0 Å². The molecule has 1 heterocycles. The van der Waals surface area contributed by atoms with E-state index in [9.17, 15) is 12.8 Å². The van der Waals surface area contributed by atoms with Crippen LogP contribution >= 0.6 is 11.3 Å². The van der Waals surface area contributed by atoms with E-state index < -0.39 is 26.8 Å². The molecule has 0 aliphatic rings. The molecule has 2 rings (SSSR count). The van der Waals surface area contributed by atoms with Crippen molar-refractivity contribution in [1.82, 2.24) is 4.72 Å². The van der Waals surface area contributed by atoms with Crippen LogP contribution in [0.25, 0.3) is 0 Å². The maximum Gasteiger partial charge on any atom is 0.243 e. The van der Waals surface area contributed by atoms with Gasteiger partial charge in [-0.05, 0) is 23.6 Å². The van der Waals surface area contributed by atoms with Gasteiger partial charge in [0.2, 0.25) is 10.0 Å². The van der Waals surface area contributed by atoms with Crippen molar-refractivity contribution in [3.8, 4) is 0 Å². The Kier molecular flexibility index (Phi) is 6.04. The Bertz CT molecular complexity index is 689. The summed E-state index contributed by atoms with van der Waals surface area (Å²) in [6.07, 6.45) is -0.534. The fourth-order valence-electron chi connectivity index (χ4n) is 1.84. The van der Waals surface area contributed by atoms with E-state index in [1.165, 1.54) is 29.5 Å². The number of halogens is 1. The normalized spacial score (nSPS) is 13.2. The molecular formula is C14H16FNO4S2. The van der Waals surface area contributed by atoms with Gasteiger partial charge in [-0.2, -0.15) is 0 Å². The maximum atomic E-state index is 13.6. The number of aliphatic hydroxyl groups excluding tert-OH is 1. The van der Waals surface area contributed by atoms with Crippen LogP contribution in [-0.4, -0.2) is 33.3 Å². The number of hydrogen-bond acceptors (Lipinski definition) is 5. The van der Waals surface area contributed by atoms with Crippen LogP contribution in [-0.2, 0) is 14.8 Å². The minimum Gasteiger partial charge on any atom is -0.394 e. The zero-order valence-electron chi connectivity index (χ0n) is 11.6. The molecule has 0 bridgehead atoms. The van der Waals surface area contributed by atoms with Crippen LogP contribution in [0.2, 0.25) is 0 Å². The van der Waals surface area contributed by atoms with Gasteiger partial charge in [0.15, 0.2) is 0 Å². The second-order valence-electron chi connectivity index (χ2n) is 4.38. The van der Waals surface area contributed by atoms with Gasteiger partial charge in [0.1, 0.15) is 16.8 Å². The summed E-state index contributed by atoms with van der Waals surface area (Å²) < 4.78 is 45.7. The summed E-state index contributed by atoms with van der Waals surface area (Å²) in [6, 6.07) is 8.80. The number of rotatable bonds is 8. The number of ether oxygens (including phenoxy) is 1. The quantitative estimate of drug-likeness (QED) is 0.766. The number of sulfonamides is 1. The van der Waals surface area contributed by atoms with E-state index in [0.717, 1.165) is 10.9 Å². The number of nitrogens with one attached hydrogen (secondary N) is 1. The van der Waals surface area contributed by atoms with Gasteiger partial charge in [-0.3, -0.25) is 0 Å². The molecule has 1 atom stereocenters. The summed E-state index contributed by atoms with van der Waals surface area (Å²) in [5, 5.41) is 10.7. The van der Waals surface area contributed by atoms with Crippen LogP contribution in [0.15, 0.2) is 46.7 Å². The molecule has 1 aromatic heterocycles. The van der Waals surface area contributed by atoms with Crippen molar-refractivity contribution in [3.63, 3.8) is 0 Å². The van der Waals surface area contributed by atoms with Crippen molar-refractivity contribution < 1.29 is 22.7 Å². The first kappa shape index (κ1) is 17.0. The second-order valence-corrected chi connectivity index (χ2v) is 7.10. The summed E-state index contributed by atoms with van der Waals surface area (Å²) in [4.78, 5) is 0.423. The highest BCUT2D eigenvalue weighted by Gasteiger charge is 2.21. The molecule has 2 N–H and O–H groups in total. The molecule has 120 valence electrons. The third kappa shape index (κ3) is 4.34. The third-order valence-corrected chi connectivity index (χ3v) is 5.28. The molecule has 0 fully saturated rings. The summed E-state index contributed by atoms with van der Waals surface area (Å²) >= 11 is 1.42. The van der Waals surface area contributed by atoms with Crippen molar-refractivity contribution in [2.75, 3.05) is 19.8 Å². The molecule has 0 amide bonds. The van der Waals surface area contributed by atoms with E-state index in [4.69, 9.17) is 9.84 Å². The average molecular weight is 345 g/mol. The SMILES string of the molecule is O=S(=O)(NC[C@@H](OCCO)c1cccs1)c1ccccc1F. The van der Waals surface area contributed by atoms with E-state index in [1.807, 2.05) is 17.5 Å². The smallest absolute Gasteiger partial charge is 0.243 e. The van der Waals surface area contributed by atoms with E-state index in [-0.39, 0.29) is 19.8 Å². The van der Waals surface area contributed by atoms with E-state index in [2.05, 4.69) is 4.72 Å². The minimum absolute atomic E-state index is 0.0445. The predicted molar refractivity (Wildman–Crippen MR) is 81.7 cm³/mol. The van der Waals surface area contributed by atoms with Gasteiger partial charge in [0.05, 0.1) is 13.2 Å². The third-order valence-electron chi connectivity index (χ3n) is 2.86. The van der Waals surface area contributed by atoms with Gasteiger partial charge in [0.25, 0.3) is 0 Å². The molecule has 1 aromatic carbocycles. The van der Waals surface area contributed by atoms with Crippen molar-refractivity contribution >= 4 is 21.4 Å². The van der Waals surface area contributed by atoms with Gasteiger partial charge in [-0.15, -0.1) is 11.3 Å². The van der Waals surface area contributed by atoms with Crippen molar-refractivity contribution in [1.29, 1.82) is 0 Å². The van der Waals surface area contributed by atoms with E-state index in [0.29, 0.717) is 0 Å². The van der Waals surface area contributed by atoms with Crippen LogP contribution in [0.5, 0.6) is 0 Å².